The Morgan fingerprint density at radius 3 is 1.92 bits per heavy atom. The first-order valence-corrected chi connectivity index (χ1v) is 24.1. The van der Waals surface area contributed by atoms with Crippen molar-refractivity contribution in [1.82, 2.24) is 5.32 Å². The fraction of sp³-hybridized carbons (Fsp3) is 1.00. The Morgan fingerprint density at radius 1 is 0.698 bits per heavy atom. The van der Waals surface area contributed by atoms with Crippen LogP contribution in [0.1, 0.15) is 221 Å². The second kappa shape index (κ2) is 30.0. The van der Waals surface area contributed by atoms with Gasteiger partial charge in [0, 0.05) is 13.2 Å². The van der Waals surface area contributed by atoms with Gasteiger partial charge >= 0.3 is 0 Å². The van der Waals surface area contributed by atoms with Gasteiger partial charge in [-0.25, -0.2) is 0 Å². The normalized spacial score (nSPS) is 27.4. The fourth-order valence-electron chi connectivity index (χ4n) is 10.5. The van der Waals surface area contributed by atoms with E-state index in [2.05, 4.69) is 46.9 Å². The lowest BCUT2D eigenvalue weighted by Gasteiger charge is -2.47. The monoisotopic (exact) mass is 748 g/mol. The molecular formula is C48H97N3O2. The van der Waals surface area contributed by atoms with E-state index in [4.69, 9.17) is 20.9 Å². The van der Waals surface area contributed by atoms with Gasteiger partial charge in [-0.1, -0.05) is 125 Å². The molecule has 2 fully saturated rings. The maximum Gasteiger partial charge on any atom is 0.0578 e. The summed E-state index contributed by atoms with van der Waals surface area (Å²) in [4.78, 5) is 0. The van der Waals surface area contributed by atoms with E-state index >= 15 is 0 Å². The summed E-state index contributed by atoms with van der Waals surface area (Å²) in [6.45, 7) is 20.5. The summed E-state index contributed by atoms with van der Waals surface area (Å²) >= 11 is 0. The molecule has 53 heavy (non-hydrogen) atoms. The van der Waals surface area contributed by atoms with Crippen LogP contribution in [0.15, 0.2) is 0 Å². The molecule has 0 saturated heterocycles. The van der Waals surface area contributed by atoms with Crippen LogP contribution in [-0.4, -0.2) is 51.6 Å². The van der Waals surface area contributed by atoms with Crippen LogP contribution in [-0.2, 0) is 9.47 Å². The zero-order valence-electron chi connectivity index (χ0n) is 37.0. The minimum atomic E-state index is 0.365. The first-order valence-electron chi connectivity index (χ1n) is 24.1. The molecule has 0 amide bonds. The summed E-state index contributed by atoms with van der Waals surface area (Å²) in [6, 6.07) is 0. The zero-order valence-corrected chi connectivity index (χ0v) is 37.0. The Morgan fingerprint density at radius 2 is 1.30 bits per heavy atom. The van der Waals surface area contributed by atoms with Crippen LogP contribution in [0.4, 0.5) is 0 Å². The minimum absolute atomic E-state index is 0.365. The van der Waals surface area contributed by atoms with E-state index in [0.717, 1.165) is 69.2 Å². The third-order valence-electron chi connectivity index (χ3n) is 14.8. The Kier molecular flexibility index (Phi) is 27.7. The van der Waals surface area contributed by atoms with E-state index < -0.39 is 0 Å². The molecule has 0 aromatic heterocycles. The van der Waals surface area contributed by atoms with Crippen LogP contribution in [0.25, 0.3) is 0 Å². The van der Waals surface area contributed by atoms with Crippen molar-refractivity contribution < 1.29 is 9.47 Å². The lowest BCUT2D eigenvalue weighted by molar-refractivity contribution is -0.0496. The molecular weight excluding hydrogens is 651 g/mol. The van der Waals surface area contributed by atoms with E-state index in [0.29, 0.717) is 23.0 Å². The van der Waals surface area contributed by atoms with Crippen molar-refractivity contribution in [2.75, 3.05) is 39.4 Å². The molecule has 2 aliphatic carbocycles. The maximum absolute atomic E-state index is 6.44. The van der Waals surface area contributed by atoms with E-state index in [-0.39, 0.29) is 0 Å². The van der Waals surface area contributed by atoms with Crippen molar-refractivity contribution in [3.63, 3.8) is 0 Å². The molecule has 0 aromatic rings. The van der Waals surface area contributed by atoms with Crippen LogP contribution in [0.5, 0.6) is 0 Å². The molecule has 5 heteroatoms. The second-order valence-electron chi connectivity index (χ2n) is 18.9. The Balaban J connectivity index is 1.73. The van der Waals surface area contributed by atoms with Crippen molar-refractivity contribution in [2.45, 2.75) is 234 Å². The van der Waals surface area contributed by atoms with Gasteiger partial charge in [-0.2, -0.15) is 0 Å². The van der Waals surface area contributed by atoms with Crippen LogP contribution in [0.2, 0.25) is 0 Å². The van der Waals surface area contributed by atoms with Crippen LogP contribution < -0.4 is 16.8 Å². The van der Waals surface area contributed by atoms with Gasteiger partial charge in [-0.3, -0.25) is 0 Å². The number of hydrogen-bond donors (Lipinski definition) is 3. The molecule has 0 heterocycles. The van der Waals surface area contributed by atoms with Crippen molar-refractivity contribution in [2.24, 2.45) is 46.0 Å². The summed E-state index contributed by atoms with van der Waals surface area (Å²) in [7, 11) is 0. The van der Waals surface area contributed by atoms with Crippen molar-refractivity contribution in [1.29, 1.82) is 0 Å². The number of ether oxygens (including phenoxy) is 2. The summed E-state index contributed by atoms with van der Waals surface area (Å²) in [6.07, 6.45) is 38.3. The van der Waals surface area contributed by atoms with Crippen LogP contribution >= 0.6 is 0 Å². The number of hydrogen-bond acceptors (Lipinski definition) is 5. The topological polar surface area (TPSA) is 82.5 Å². The Labute approximate surface area is 332 Å². The van der Waals surface area contributed by atoms with Gasteiger partial charge in [0.2, 0.25) is 0 Å². The maximum atomic E-state index is 6.44. The summed E-state index contributed by atoms with van der Waals surface area (Å²) in [5, 5.41) is 3.81. The second-order valence-corrected chi connectivity index (χ2v) is 18.9. The van der Waals surface area contributed by atoms with Gasteiger partial charge < -0.3 is 26.3 Å². The Hall–Kier alpha value is -0.200. The van der Waals surface area contributed by atoms with Gasteiger partial charge in [0.05, 0.1) is 12.2 Å². The van der Waals surface area contributed by atoms with Gasteiger partial charge in [0.1, 0.15) is 0 Å². The van der Waals surface area contributed by atoms with E-state index in [1.165, 1.54) is 174 Å². The predicted octanol–water partition coefficient (Wildman–Crippen LogP) is 12.8. The van der Waals surface area contributed by atoms with E-state index in [1.807, 2.05) is 0 Å². The molecule has 5 N–H and O–H groups in total. The number of nitrogens with two attached hydrogens (primary N) is 2. The molecule has 2 saturated carbocycles. The average molecular weight is 748 g/mol. The zero-order chi connectivity index (χ0) is 38.6. The first kappa shape index (κ1) is 48.9. The lowest BCUT2D eigenvalue weighted by Crippen LogP contribution is -2.40. The molecule has 316 valence electrons. The Bertz CT molecular complexity index is 842. The van der Waals surface area contributed by atoms with E-state index in [9.17, 15) is 0 Å². The van der Waals surface area contributed by atoms with Crippen LogP contribution in [0, 0.1) is 34.5 Å². The van der Waals surface area contributed by atoms with Gasteiger partial charge in [-0.05, 0) is 157 Å². The number of rotatable bonds is 35. The molecule has 0 spiro atoms. The summed E-state index contributed by atoms with van der Waals surface area (Å²) in [5.41, 5.74) is 12.4. The fourth-order valence-corrected chi connectivity index (χ4v) is 10.5. The lowest BCUT2D eigenvalue weighted by atomic mass is 9.59. The van der Waals surface area contributed by atoms with Crippen molar-refractivity contribution in [3.05, 3.63) is 0 Å². The molecule has 2 aliphatic rings. The third-order valence-corrected chi connectivity index (χ3v) is 14.8. The van der Waals surface area contributed by atoms with Gasteiger partial charge in [-0.15, -0.1) is 0 Å². The summed E-state index contributed by atoms with van der Waals surface area (Å²) < 4.78 is 12.7. The largest absolute Gasteiger partial charge is 0.378 e. The smallest absolute Gasteiger partial charge is 0.0578 e. The van der Waals surface area contributed by atoms with Crippen molar-refractivity contribution >= 4 is 0 Å². The third kappa shape index (κ3) is 19.7. The minimum Gasteiger partial charge on any atom is -0.378 e. The van der Waals surface area contributed by atoms with Gasteiger partial charge in [0.15, 0.2) is 0 Å². The van der Waals surface area contributed by atoms with Crippen LogP contribution in [0.3, 0.4) is 0 Å². The van der Waals surface area contributed by atoms with Gasteiger partial charge in [0.25, 0.3) is 0 Å². The molecule has 0 unspecified atom stereocenters. The average Bonchev–Trinajstić information content (AvgIpc) is 3.45. The molecule has 2 rings (SSSR count). The highest BCUT2D eigenvalue weighted by atomic mass is 16.5. The highest BCUT2D eigenvalue weighted by molar-refractivity contribution is 4.98. The highest BCUT2D eigenvalue weighted by Crippen LogP contribution is 2.56. The first-order chi connectivity index (χ1) is 25.7. The molecule has 0 radical (unpaired) electrons. The SMILES string of the molecule is CCCCCCCCCCCCCCCCNCCC[C@@H](C)[C@H]1CC[C@@H](C)[C@]1(C)CC[C@H]1C[C@H](OCCCN)CC[C@]1(C)CC[C@H](CC)OCCCN. The highest BCUT2D eigenvalue weighted by Gasteiger charge is 2.48. The number of nitrogens with one attached hydrogen (secondary N) is 1. The number of unbranched alkanes of at least 4 members (excludes halogenated alkanes) is 13. The molecule has 5 nitrogen and oxygen atoms in total. The molecule has 0 aliphatic heterocycles. The summed E-state index contributed by atoms with van der Waals surface area (Å²) in [5.74, 6) is 3.21. The molecule has 0 bridgehead atoms. The molecule has 0 aromatic carbocycles. The predicted molar refractivity (Wildman–Crippen MR) is 233 cm³/mol. The quantitative estimate of drug-likeness (QED) is 0.0562. The standard InChI is InChI=1S/C48H97N3O2/c1-7-9-10-11-12-13-14-15-16-17-18-19-20-21-36-51-37-22-25-41(3)46-27-26-42(4)48(46,6)33-28-43-40-45(53-39-24-35-50)30-32-47(43,5)31-29-44(8-2)52-38-23-34-49/h41-46,51H,7-40,49-50H2,1-6H3/t41-,42-,43+,44+,45-,46-,47+,48+/m1/s1. The van der Waals surface area contributed by atoms with E-state index in [1.54, 1.807) is 0 Å². The van der Waals surface area contributed by atoms with Crippen molar-refractivity contribution in [3.8, 4) is 0 Å². The molecule has 8 atom stereocenters.